The molecule has 0 atom stereocenters. The standard InChI is InChI=1S/C15H14N2O2/c1-17-13-4-2-10(3-5-15(18)19)8-11(13)12-9-16-7-6-14(12)17/h2,4,6-9H,3,5H2,1H3,(H,18,19). The van der Waals surface area contributed by atoms with Crippen LogP contribution in [0.25, 0.3) is 21.8 Å². The van der Waals surface area contributed by atoms with E-state index in [4.69, 9.17) is 5.11 Å². The molecule has 3 aromatic rings. The fourth-order valence-corrected chi connectivity index (χ4v) is 2.52. The Balaban J connectivity index is 2.16. The summed E-state index contributed by atoms with van der Waals surface area (Å²) >= 11 is 0. The fourth-order valence-electron chi connectivity index (χ4n) is 2.52. The van der Waals surface area contributed by atoms with Crippen LogP contribution in [0.15, 0.2) is 36.7 Å². The molecule has 0 aliphatic carbocycles. The van der Waals surface area contributed by atoms with Crippen LogP contribution in [0.2, 0.25) is 0 Å². The summed E-state index contributed by atoms with van der Waals surface area (Å²) in [6, 6.07) is 8.11. The number of aromatic nitrogens is 2. The molecule has 0 fully saturated rings. The van der Waals surface area contributed by atoms with Crippen LogP contribution >= 0.6 is 0 Å². The summed E-state index contributed by atoms with van der Waals surface area (Å²) < 4.78 is 2.13. The van der Waals surface area contributed by atoms with E-state index in [-0.39, 0.29) is 6.42 Å². The number of carbonyl (C=O) groups is 1. The summed E-state index contributed by atoms with van der Waals surface area (Å²) in [5.41, 5.74) is 3.33. The number of hydrogen-bond donors (Lipinski definition) is 1. The average Bonchev–Trinajstić information content (AvgIpc) is 2.71. The molecule has 96 valence electrons. The number of hydrogen-bond acceptors (Lipinski definition) is 2. The molecule has 0 saturated carbocycles. The predicted octanol–water partition coefficient (Wildman–Crippen LogP) is 2.74. The first-order chi connectivity index (χ1) is 9.16. The Kier molecular flexibility index (Phi) is 2.71. The molecular formula is C15H14N2O2. The number of aryl methyl sites for hydroxylation is 2. The topological polar surface area (TPSA) is 55.1 Å². The largest absolute Gasteiger partial charge is 0.481 e. The van der Waals surface area contributed by atoms with Gasteiger partial charge in [0.2, 0.25) is 0 Å². The normalized spacial score (nSPS) is 11.2. The second-order valence-corrected chi connectivity index (χ2v) is 4.70. The maximum absolute atomic E-state index is 10.6. The average molecular weight is 254 g/mol. The smallest absolute Gasteiger partial charge is 0.303 e. The van der Waals surface area contributed by atoms with Gasteiger partial charge in [0.25, 0.3) is 0 Å². The van der Waals surface area contributed by atoms with Gasteiger partial charge in [0.15, 0.2) is 0 Å². The van der Waals surface area contributed by atoms with Crippen LogP contribution in [-0.2, 0) is 18.3 Å². The molecule has 1 aromatic carbocycles. The van der Waals surface area contributed by atoms with Gasteiger partial charge in [-0.3, -0.25) is 9.78 Å². The van der Waals surface area contributed by atoms with E-state index < -0.39 is 5.97 Å². The molecule has 0 amide bonds. The number of nitrogens with zero attached hydrogens (tertiary/aromatic N) is 2. The molecule has 0 unspecified atom stereocenters. The maximum Gasteiger partial charge on any atom is 0.303 e. The van der Waals surface area contributed by atoms with Gasteiger partial charge >= 0.3 is 5.97 Å². The van der Waals surface area contributed by atoms with Crippen LogP contribution in [0.1, 0.15) is 12.0 Å². The molecule has 0 aliphatic rings. The quantitative estimate of drug-likeness (QED) is 0.782. The van der Waals surface area contributed by atoms with Gasteiger partial charge in [0.05, 0.1) is 5.52 Å². The first-order valence-corrected chi connectivity index (χ1v) is 6.19. The van der Waals surface area contributed by atoms with Crippen molar-refractivity contribution in [1.82, 2.24) is 9.55 Å². The molecule has 1 N–H and O–H groups in total. The van der Waals surface area contributed by atoms with Crippen LogP contribution < -0.4 is 0 Å². The van der Waals surface area contributed by atoms with E-state index in [1.54, 1.807) is 6.20 Å². The van der Waals surface area contributed by atoms with Gasteiger partial charge < -0.3 is 9.67 Å². The van der Waals surface area contributed by atoms with E-state index in [2.05, 4.69) is 15.6 Å². The fraction of sp³-hybridized carbons (Fsp3) is 0.200. The molecule has 19 heavy (non-hydrogen) atoms. The van der Waals surface area contributed by atoms with Gasteiger partial charge in [-0.2, -0.15) is 0 Å². The lowest BCUT2D eigenvalue weighted by Gasteiger charge is -2.01. The second-order valence-electron chi connectivity index (χ2n) is 4.70. The van der Waals surface area contributed by atoms with Crippen molar-refractivity contribution in [2.24, 2.45) is 7.05 Å². The number of aliphatic carboxylic acids is 1. The molecule has 4 heteroatoms. The number of carboxylic acid groups (broad SMARTS) is 1. The minimum Gasteiger partial charge on any atom is -0.481 e. The number of benzene rings is 1. The van der Waals surface area contributed by atoms with Crippen LogP contribution in [0, 0.1) is 0 Å². The van der Waals surface area contributed by atoms with Crippen molar-refractivity contribution in [1.29, 1.82) is 0 Å². The lowest BCUT2D eigenvalue weighted by Crippen LogP contribution is -1.97. The summed E-state index contributed by atoms with van der Waals surface area (Å²) in [4.78, 5) is 14.8. The Morgan fingerprint density at radius 1 is 1.26 bits per heavy atom. The number of rotatable bonds is 3. The highest BCUT2D eigenvalue weighted by Crippen LogP contribution is 2.28. The van der Waals surface area contributed by atoms with Crippen LogP contribution in [0.5, 0.6) is 0 Å². The van der Waals surface area contributed by atoms with E-state index >= 15 is 0 Å². The highest BCUT2D eigenvalue weighted by atomic mass is 16.4. The summed E-state index contributed by atoms with van der Waals surface area (Å²) in [5.74, 6) is -0.764. The Labute approximate surface area is 110 Å². The highest BCUT2D eigenvalue weighted by Gasteiger charge is 2.09. The summed E-state index contributed by atoms with van der Waals surface area (Å²) in [5, 5.41) is 11.0. The molecule has 0 bridgehead atoms. The lowest BCUT2D eigenvalue weighted by atomic mass is 10.1. The molecule has 0 aliphatic heterocycles. The van der Waals surface area contributed by atoms with E-state index in [0.29, 0.717) is 6.42 Å². The van der Waals surface area contributed by atoms with E-state index in [1.807, 2.05) is 31.4 Å². The Morgan fingerprint density at radius 2 is 2.05 bits per heavy atom. The molecule has 0 saturated heterocycles. The highest BCUT2D eigenvalue weighted by molar-refractivity contribution is 6.07. The van der Waals surface area contributed by atoms with Crippen molar-refractivity contribution >= 4 is 27.8 Å². The molecular weight excluding hydrogens is 240 g/mol. The Hall–Kier alpha value is -2.36. The molecule has 3 rings (SSSR count). The lowest BCUT2D eigenvalue weighted by molar-refractivity contribution is -0.136. The number of pyridine rings is 1. The Morgan fingerprint density at radius 3 is 2.84 bits per heavy atom. The van der Waals surface area contributed by atoms with E-state index in [0.717, 1.165) is 27.4 Å². The van der Waals surface area contributed by atoms with Gasteiger partial charge in [-0.1, -0.05) is 6.07 Å². The summed E-state index contributed by atoms with van der Waals surface area (Å²) in [7, 11) is 2.03. The van der Waals surface area contributed by atoms with Crippen molar-refractivity contribution in [2.45, 2.75) is 12.8 Å². The van der Waals surface area contributed by atoms with Gasteiger partial charge in [0, 0.05) is 42.2 Å². The van der Waals surface area contributed by atoms with Crippen molar-refractivity contribution in [3.8, 4) is 0 Å². The van der Waals surface area contributed by atoms with Crippen molar-refractivity contribution in [3.05, 3.63) is 42.2 Å². The van der Waals surface area contributed by atoms with Gasteiger partial charge in [0.1, 0.15) is 0 Å². The van der Waals surface area contributed by atoms with E-state index in [1.165, 1.54) is 0 Å². The first kappa shape index (κ1) is 11.7. The monoisotopic (exact) mass is 254 g/mol. The van der Waals surface area contributed by atoms with Crippen molar-refractivity contribution in [2.75, 3.05) is 0 Å². The summed E-state index contributed by atoms with van der Waals surface area (Å²) in [6.07, 6.45) is 4.36. The van der Waals surface area contributed by atoms with Gasteiger partial charge in [-0.25, -0.2) is 0 Å². The molecule has 0 spiro atoms. The maximum atomic E-state index is 10.6. The van der Waals surface area contributed by atoms with Crippen LogP contribution in [0.4, 0.5) is 0 Å². The van der Waals surface area contributed by atoms with Gasteiger partial charge in [-0.15, -0.1) is 0 Å². The third kappa shape index (κ3) is 1.95. The third-order valence-corrected chi connectivity index (χ3v) is 3.50. The zero-order valence-electron chi connectivity index (χ0n) is 10.6. The number of carboxylic acids is 1. The van der Waals surface area contributed by atoms with Crippen molar-refractivity contribution in [3.63, 3.8) is 0 Å². The Bertz CT molecular complexity index is 774. The predicted molar refractivity (Wildman–Crippen MR) is 74.2 cm³/mol. The van der Waals surface area contributed by atoms with Crippen LogP contribution in [-0.4, -0.2) is 20.6 Å². The molecule has 2 heterocycles. The molecule has 4 nitrogen and oxygen atoms in total. The molecule has 0 radical (unpaired) electrons. The van der Waals surface area contributed by atoms with Gasteiger partial charge in [-0.05, 0) is 30.2 Å². The zero-order valence-corrected chi connectivity index (χ0v) is 10.6. The summed E-state index contributed by atoms with van der Waals surface area (Å²) in [6.45, 7) is 0. The van der Waals surface area contributed by atoms with E-state index in [9.17, 15) is 4.79 Å². The second kappa shape index (κ2) is 4.39. The van der Waals surface area contributed by atoms with Crippen molar-refractivity contribution < 1.29 is 9.90 Å². The minimum atomic E-state index is -0.764. The molecule has 2 aromatic heterocycles. The van der Waals surface area contributed by atoms with Crippen LogP contribution in [0.3, 0.4) is 0 Å². The zero-order chi connectivity index (χ0) is 13.4. The minimum absolute atomic E-state index is 0.161. The number of fused-ring (bicyclic) bond motifs is 3. The first-order valence-electron chi connectivity index (χ1n) is 6.19. The third-order valence-electron chi connectivity index (χ3n) is 3.50. The SMILES string of the molecule is Cn1c2ccncc2c2cc(CCC(=O)O)ccc21.